The number of halogens is 2. The van der Waals surface area contributed by atoms with Gasteiger partial charge < -0.3 is 14.5 Å². The lowest BCUT2D eigenvalue weighted by Crippen LogP contribution is -2.16. The first-order valence-electron chi connectivity index (χ1n) is 6.40. The molecule has 0 bridgehead atoms. The molecule has 0 saturated heterocycles. The van der Waals surface area contributed by atoms with E-state index in [4.69, 9.17) is 27.6 Å². The van der Waals surface area contributed by atoms with E-state index in [2.05, 4.69) is 10.1 Å². The van der Waals surface area contributed by atoms with Crippen LogP contribution < -0.4 is 5.32 Å². The molecule has 6 heteroatoms. The van der Waals surface area contributed by atoms with E-state index in [-0.39, 0.29) is 0 Å². The van der Waals surface area contributed by atoms with Crippen LogP contribution in [0.1, 0.15) is 21.7 Å². The molecule has 1 heterocycles. The topological polar surface area (TPSA) is 51.5 Å². The van der Waals surface area contributed by atoms with Crippen LogP contribution in [0.4, 0.5) is 0 Å². The molecule has 112 valence electrons. The van der Waals surface area contributed by atoms with Gasteiger partial charge in [0.05, 0.1) is 19.2 Å². The van der Waals surface area contributed by atoms with Gasteiger partial charge in [-0.2, -0.15) is 0 Å². The summed E-state index contributed by atoms with van der Waals surface area (Å²) in [5.41, 5.74) is 1.44. The molecule has 1 N–H and O–H groups in total. The minimum Gasteiger partial charge on any atom is -0.467 e. The number of carbonyl (C=O) groups excluding carboxylic acids is 1. The number of hydrogen-bond donors (Lipinski definition) is 1. The van der Waals surface area contributed by atoms with Gasteiger partial charge in [-0.3, -0.25) is 0 Å². The fourth-order valence-corrected chi connectivity index (χ4v) is 2.36. The van der Waals surface area contributed by atoms with Crippen molar-refractivity contribution in [3.05, 3.63) is 57.5 Å². The van der Waals surface area contributed by atoms with Crippen LogP contribution in [0.2, 0.25) is 10.0 Å². The van der Waals surface area contributed by atoms with Gasteiger partial charge in [0.2, 0.25) is 0 Å². The van der Waals surface area contributed by atoms with Crippen molar-refractivity contribution in [1.82, 2.24) is 5.32 Å². The summed E-state index contributed by atoms with van der Waals surface area (Å²) >= 11 is 11.9. The number of hydrogen-bond acceptors (Lipinski definition) is 4. The minimum atomic E-state index is -0.405. The van der Waals surface area contributed by atoms with Gasteiger partial charge in [-0.05, 0) is 36.7 Å². The molecule has 0 aliphatic rings. The van der Waals surface area contributed by atoms with Crippen molar-refractivity contribution in [2.24, 2.45) is 0 Å². The fraction of sp³-hybridized carbons (Fsp3) is 0.267. The van der Waals surface area contributed by atoms with Gasteiger partial charge in [0.15, 0.2) is 0 Å². The fourth-order valence-electron chi connectivity index (χ4n) is 1.86. The van der Waals surface area contributed by atoms with Crippen molar-refractivity contribution in [2.75, 3.05) is 13.7 Å². The van der Waals surface area contributed by atoms with E-state index in [1.165, 1.54) is 13.4 Å². The van der Waals surface area contributed by atoms with E-state index in [0.29, 0.717) is 27.9 Å². The average molecular weight is 328 g/mol. The van der Waals surface area contributed by atoms with Gasteiger partial charge in [-0.15, -0.1) is 0 Å². The third kappa shape index (κ3) is 4.49. The summed E-state index contributed by atoms with van der Waals surface area (Å²) in [6.45, 7) is 1.26. The lowest BCUT2D eigenvalue weighted by Gasteiger charge is -2.05. The number of benzene rings is 1. The van der Waals surface area contributed by atoms with Crippen molar-refractivity contribution in [2.45, 2.75) is 13.0 Å². The number of carbonyl (C=O) groups is 1. The highest BCUT2D eigenvalue weighted by molar-refractivity contribution is 6.35. The molecule has 0 fully saturated rings. The number of esters is 1. The van der Waals surface area contributed by atoms with Crippen LogP contribution in [0.25, 0.3) is 0 Å². The zero-order valence-electron chi connectivity index (χ0n) is 11.5. The number of rotatable bonds is 6. The van der Waals surface area contributed by atoms with E-state index >= 15 is 0 Å². The zero-order valence-corrected chi connectivity index (χ0v) is 13.0. The lowest BCUT2D eigenvalue weighted by atomic mass is 10.1. The monoisotopic (exact) mass is 327 g/mol. The van der Waals surface area contributed by atoms with E-state index in [0.717, 1.165) is 18.5 Å². The summed E-state index contributed by atoms with van der Waals surface area (Å²) in [7, 11) is 1.34. The third-order valence-electron chi connectivity index (χ3n) is 2.96. The first-order valence-corrected chi connectivity index (χ1v) is 7.16. The second-order valence-electron chi connectivity index (χ2n) is 4.46. The molecule has 2 aromatic rings. The number of methoxy groups -OCH3 is 1. The summed E-state index contributed by atoms with van der Waals surface area (Å²) in [6, 6.07) is 7.12. The summed E-state index contributed by atoms with van der Waals surface area (Å²) in [5, 5.41) is 4.51. The predicted molar refractivity (Wildman–Crippen MR) is 81.9 cm³/mol. The molecular formula is C15H15Cl2NO3. The van der Waals surface area contributed by atoms with Crippen LogP contribution in [0.15, 0.2) is 34.9 Å². The molecule has 4 nitrogen and oxygen atoms in total. The standard InChI is InChI=1S/C15H15Cl2NO3/c1-20-15(19)11-6-13(21-9-11)8-18-5-4-10-2-3-12(16)7-14(10)17/h2-3,6-7,9,18H,4-5,8H2,1H3. The molecule has 2 rings (SSSR count). The van der Waals surface area contributed by atoms with Crippen molar-refractivity contribution in [3.8, 4) is 0 Å². The Morgan fingerprint density at radius 1 is 1.33 bits per heavy atom. The van der Waals surface area contributed by atoms with Crippen LogP contribution in [-0.4, -0.2) is 19.6 Å². The maximum atomic E-state index is 11.3. The first-order chi connectivity index (χ1) is 10.1. The SMILES string of the molecule is COC(=O)c1coc(CNCCc2ccc(Cl)cc2Cl)c1. The zero-order chi connectivity index (χ0) is 15.2. The van der Waals surface area contributed by atoms with E-state index < -0.39 is 5.97 Å². The normalized spacial score (nSPS) is 10.6. The van der Waals surface area contributed by atoms with Crippen LogP contribution in [-0.2, 0) is 17.7 Å². The highest BCUT2D eigenvalue weighted by atomic mass is 35.5. The van der Waals surface area contributed by atoms with Crippen LogP contribution in [0, 0.1) is 0 Å². The van der Waals surface area contributed by atoms with Gasteiger partial charge >= 0.3 is 5.97 Å². The highest BCUT2D eigenvalue weighted by Crippen LogP contribution is 2.21. The Morgan fingerprint density at radius 3 is 2.86 bits per heavy atom. The second-order valence-corrected chi connectivity index (χ2v) is 5.30. The van der Waals surface area contributed by atoms with E-state index in [1.807, 2.05) is 12.1 Å². The number of nitrogens with one attached hydrogen (secondary N) is 1. The van der Waals surface area contributed by atoms with Crippen molar-refractivity contribution >= 4 is 29.2 Å². The quantitative estimate of drug-likeness (QED) is 0.649. The van der Waals surface area contributed by atoms with E-state index in [9.17, 15) is 4.79 Å². The molecule has 0 spiro atoms. The van der Waals surface area contributed by atoms with Crippen molar-refractivity contribution in [1.29, 1.82) is 0 Å². The summed E-state index contributed by atoms with van der Waals surface area (Å²) < 4.78 is 9.88. The first kappa shape index (κ1) is 15.9. The van der Waals surface area contributed by atoms with Gasteiger partial charge in [0.25, 0.3) is 0 Å². The van der Waals surface area contributed by atoms with Crippen LogP contribution in [0.3, 0.4) is 0 Å². The Labute approximate surface area is 133 Å². The Balaban J connectivity index is 1.79. The maximum Gasteiger partial charge on any atom is 0.341 e. The smallest absolute Gasteiger partial charge is 0.341 e. The molecule has 0 unspecified atom stereocenters. The van der Waals surface area contributed by atoms with Gasteiger partial charge in [-0.1, -0.05) is 29.3 Å². The predicted octanol–water partition coefficient (Wildman–Crippen LogP) is 3.71. The average Bonchev–Trinajstić information content (AvgIpc) is 2.93. The molecule has 1 aromatic carbocycles. The molecule has 0 radical (unpaired) electrons. The lowest BCUT2D eigenvalue weighted by molar-refractivity contribution is 0.0600. The maximum absolute atomic E-state index is 11.3. The van der Waals surface area contributed by atoms with Crippen molar-refractivity contribution < 1.29 is 13.9 Å². The number of furan rings is 1. The van der Waals surface area contributed by atoms with Gasteiger partial charge in [0, 0.05) is 10.0 Å². The van der Waals surface area contributed by atoms with Crippen molar-refractivity contribution in [3.63, 3.8) is 0 Å². The molecule has 0 amide bonds. The largest absolute Gasteiger partial charge is 0.467 e. The Bertz CT molecular complexity index is 625. The highest BCUT2D eigenvalue weighted by Gasteiger charge is 2.09. The minimum absolute atomic E-state index is 0.405. The molecule has 0 aliphatic carbocycles. The summed E-state index contributed by atoms with van der Waals surface area (Å²) in [6.07, 6.45) is 2.17. The van der Waals surface area contributed by atoms with Gasteiger partial charge in [0.1, 0.15) is 12.0 Å². The van der Waals surface area contributed by atoms with Crippen LogP contribution >= 0.6 is 23.2 Å². The Hall–Kier alpha value is -1.49. The Morgan fingerprint density at radius 2 is 2.14 bits per heavy atom. The molecule has 0 saturated carbocycles. The third-order valence-corrected chi connectivity index (χ3v) is 3.55. The summed E-state index contributed by atoms with van der Waals surface area (Å²) in [5.74, 6) is 0.274. The molecule has 0 atom stereocenters. The Kier molecular flexibility index (Phi) is 5.67. The summed E-state index contributed by atoms with van der Waals surface area (Å²) in [4.78, 5) is 11.3. The molecular weight excluding hydrogens is 313 g/mol. The number of ether oxygens (including phenoxy) is 1. The molecule has 21 heavy (non-hydrogen) atoms. The van der Waals surface area contributed by atoms with E-state index in [1.54, 1.807) is 12.1 Å². The van der Waals surface area contributed by atoms with Crippen LogP contribution in [0.5, 0.6) is 0 Å². The molecule has 0 aliphatic heterocycles. The molecule has 1 aromatic heterocycles. The second kappa shape index (κ2) is 7.50. The van der Waals surface area contributed by atoms with Gasteiger partial charge in [-0.25, -0.2) is 4.79 Å².